The largest absolute Gasteiger partial charge is 0.285 e. The van der Waals surface area contributed by atoms with E-state index in [0.717, 1.165) is 18.7 Å². The average Bonchev–Trinajstić information content (AvgIpc) is 2.67. The van der Waals surface area contributed by atoms with Gasteiger partial charge in [0, 0.05) is 31.2 Å². The predicted octanol–water partition coefficient (Wildman–Crippen LogP) is 2.27. The van der Waals surface area contributed by atoms with Crippen LogP contribution in [0.25, 0.3) is 5.82 Å². The molecule has 0 atom stereocenters. The topological polar surface area (TPSA) is 43.6 Å². The van der Waals surface area contributed by atoms with E-state index in [9.17, 15) is 0 Å². The average molecular weight is 223 g/mol. The van der Waals surface area contributed by atoms with Gasteiger partial charge in [0.25, 0.3) is 0 Å². The highest BCUT2D eigenvalue weighted by molar-refractivity contribution is 6.30. The summed E-state index contributed by atoms with van der Waals surface area (Å²) in [5.74, 6) is 1.60. The van der Waals surface area contributed by atoms with Crippen LogP contribution < -0.4 is 0 Å². The van der Waals surface area contributed by atoms with Crippen LogP contribution in [0.2, 0.25) is 5.15 Å². The molecular weight excluding hydrogens is 212 g/mol. The predicted molar refractivity (Wildman–Crippen MR) is 58.2 cm³/mol. The van der Waals surface area contributed by atoms with Crippen molar-refractivity contribution in [2.24, 2.45) is 0 Å². The maximum atomic E-state index is 5.97. The van der Waals surface area contributed by atoms with Gasteiger partial charge in [-0.1, -0.05) is 18.5 Å². The van der Waals surface area contributed by atoms with Crippen molar-refractivity contribution in [3.05, 3.63) is 35.8 Å². The summed E-state index contributed by atoms with van der Waals surface area (Å²) < 4.78 is 1.87. The van der Waals surface area contributed by atoms with Crippen molar-refractivity contribution in [1.82, 2.24) is 19.5 Å². The van der Waals surface area contributed by atoms with E-state index in [1.165, 1.54) is 0 Å². The molecule has 0 aliphatic rings. The van der Waals surface area contributed by atoms with Gasteiger partial charge in [0.15, 0.2) is 11.0 Å². The fraction of sp³-hybridized carbons (Fsp3) is 0.300. The molecule has 4 nitrogen and oxygen atoms in total. The zero-order valence-electron chi connectivity index (χ0n) is 8.39. The van der Waals surface area contributed by atoms with E-state index in [4.69, 9.17) is 11.6 Å². The minimum absolute atomic E-state index is 0.396. The molecular formula is C10H11ClN4. The number of rotatable bonds is 3. The molecule has 15 heavy (non-hydrogen) atoms. The number of hydrogen-bond donors (Lipinski definition) is 0. The van der Waals surface area contributed by atoms with Crippen LogP contribution in [0.4, 0.5) is 0 Å². The Labute approximate surface area is 93.0 Å². The Kier molecular flexibility index (Phi) is 2.97. The second-order valence-corrected chi connectivity index (χ2v) is 3.49. The second kappa shape index (κ2) is 4.40. The number of halogens is 1. The van der Waals surface area contributed by atoms with E-state index >= 15 is 0 Å². The molecule has 0 aliphatic heterocycles. The fourth-order valence-electron chi connectivity index (χ4n) is 1.41. The van der Waals surface area contributed by atoms with Crippen molar-refractivity contribution < 1.29 is 0 Å². The Hall–Kier alpha value is -1.42. The van der Waals surface area contributed by atoms with Gasteiger partial charge >= 0.3 is 0 Å². The van der Waals surface area contributed by atoms with Gasteiger partial charge in [0.1, 0.15) is 5.82 Å². The van der Waals surface area contributed by atoms with Gasteiger partial charge in [0.2, 0.25) is 0 Å². The first-order chi connectivity index (χ1) is 7.33. The maximum absolute atomic E-state index is 5.97. The lowest BCUT2D eigenvalue weighted by Gasteiger charge is -2.06. The van der Waals surface area contributed by atoms with Crippen molar-refractivity contribution in [1.29, 1.82) is 0 Å². The maximum Gasteiger partial charge on any atom is 0.176 e. The number of aromatic nitrogens is 4. The van der Waals surface area contributed by atoms with Crippen molar-refractivity contribution in [3.8, 4) is 5.82 Å². The SMILES string of the molecule is CCCc1nccn1-c1nccnc1Cl. The number of aryl methyl sites for hydroxylation is 1. The van der Waals surface area contributed by atoms with Gasteiger partial charge < -0.3 is 0 Å². The zero-order chi connectivity index (χ0) is 10.7. The van der Waals surface area contributed by atoms with Crippen LogP contribution in [0.1, 0.15) is 19.2 Å². The third-order valence-corrected chi connectivity index (χ3v) is 2.32. The first-order valence-corrected chi connectivity index (χ1v) is 5.20. The molecule has 0 radical (unpaired) electrons. The third kappa shape index (κ3) is 1.99. The van der Waals surface area contributed by atoms with Gasteiger partial charge in [-0.05, 0) is 6.42 Å². The van der Waals surface area contributed by atoms with Crippen LogP contribution in [0.15, 0.2) is 24.8 Å². The molecule has 0 N–H and O–H groups in total. The smallest absolute Gasteiger partial charge is 0.176 e. The van der Waals surface area contributed by atoms with E-state index in [0.29, 0.717) is 11.0 Å². The summed E-state index contributed by atoms with van der Waals surface area (Å²) >= 11 is 5.97. The van der Waals surface area contributed by atoms with Gasteiger partial charge in [0.05, 0.1) is 0 Å². The molecule has 0 fully saturated rings. The summed E-state index contributed by atoms with van der Waals surface area (Å²) in [4.78, 5) is 12.4. The lowest BCUT2D eigenvalue weighted by molar-refractivity contribution is 0.795. The molecule has 0 unspecified atom stereocenters. The monoisotopic (exact) mass is 222 g/mol. The van der Waals surface area contributed by atoms with Crippen molar-refractivity contribution in [2.45, 2.75) is 19.8 Å². The zero-order valence-corrected chi connectivity index (χ0v) is 9.15. The van der Waals surface area contributed by atoms with E-state index < -0.39 is 0 Å². The molecule has 0 bridgehead atoms. The number of hydrogen-bond acceptors (Lipinski definition) is 3. The van der Waals surface area contributed by atoms with Crippen LogP contribution in [0.3, 0.4) is 0 Å². The molecule has 0 aliphatic carbocycles. The molecule has 2 rings (SSSR count). The van der Waals surface area contributed by atoms with Crippen molar-refractivity contribution in [2.75, 3.05) is 0 Å². The summed E-state index contributed by atoms with van der Waals surface area (Å²) in [5.41, 5.74) is 0. The molecule has 5 heteroatoms. The molecule has 2 aromatic rings. The fourth-order valence-corrected chi connectivity index (χ4v) is 1.61. The normalized spacial score (nSPS) is 10.5. The highest BCUT2D eigenvalue weighted by Gasteiger charge is 2.08. The van der Waals surface area contributed by atoms with E-state index in [-0.39, 0.29) is 0 Å². The second-order valence-electron chi connectivity index (χ2n) is 3.13. The van der Waals surface area contributed by atoms with Crippen molar-refractivity contribution >= 4 is 11.6 Å². The highest BCUT2D eigenvalue weighted by atomic mass is 35.5. The Morgan fingerprint density at radius 3 is 2.73 bits per heavy atom. The lowest BCUT2D eigenvalue weighted by atomic mass is 10.3. The Bertz CT molecular complexity index is 452. The Morgan fingerprint density at radius 1 is 1.20 bits per heavy atom. The Balaban J connectivity index is 2.45. The van der Waals surface area contributed by atoms with Gasteiger partial charge in [-0.3, -0.25) is 4.57 Å². The van der Waals surface area contributed by atoms with Crippen LogP contribution in [0.5, 0.6) is 0 Å². The summed E-state index contributed by atoms with van der Waals surface area (Å²) in [6.07, 6.45) is 8.73. The van der Waals surface area contributed by atoms with E-state index in [1.54, 1.807) is 18.6 Å². The molecule has 2 aromatic heterocycles. The van der Waals surface area contributed by atoms with Crippen LogP contribution in [-0.2, 0) is 6.42 Å². The number of nitrogens with zero attached hydrogens (tertiary/aromatic N) is 4. The van der Waals surface area contributed by atoms with Gasteiger partial charge in [-0.2, -0.15) is 0 Å². The van der Waals surface area contributed by atoms with Crippen LogP contribution in [0, 0.1) is 0 Å². The molecule has 2 heterocycles. The lowest BCUT2D eigenvalue weighted by Crippen LogP contribution is -2.03. The van der Waals surface area contributed by atoms with E-state index in [1.807, 2.05) is 10.8 Å². The summed E-state index contributed by atoms with van der Waals surface area (Å²) in [6.45, 7) is 2.11. The molecule has 0 spiro atoms. The molecule has 78 valence electrons. The molecule has 0 aromatic carbocycles. The van der Waals surface area contributed by atoms with Crippen molar-refractivity contribution in [3.63, 3.8) is 0 Å². The first kappa shape index (κ1) is 10.1. The quantitative estimate of drug-likeness (QED) is 0.800. The standard InChI is InChI=1S/C10H11ClN4/c1-2-3-8-12-6-7-15(8)10-9(11)13-4-5-14-10/h4-7H,2-3H2,1H3. The summed E-state index contributed by atoms with van der Waals surface area (Å²) in [6, 6.07) is 0. The van der Waals surface area contributed by atoms with Gasteiger partial charge in [-0.25, -0.2) is 15.0 Å². The number of imidazole rings is 1. The van der Waals surface area contributed by atoms with Crippen LogP contribution in [-0.4, -0.2) is 19.5 Å². The van der Waals surface area contributed by atoms with Crippen LogP contribution >= 0.6 is 11.6 Å². The molecule has 0 saturated heterocycles. The summed E-state index contributed by atoms with van der Waals surface area (Å²) in [5, 5.41) is 0.396. The third-order valence-electron chi connectivity index (χ3n) is 2.06. The minimum atomic E-state index is 0.396. The Morgan fingerprint density at radius 2 is 2.00 bits per heavy atom. The molecule has 0 saturated carbocycles. The highest BCUT2D eigenvalue weighted by Crippen LogP contribution is 2.16. The first-order valence-electron chi connectivity index (χ1n) is 4.82. The minimum Gasteiger partial charge on any atom is -0.285 e. The molecule has 0 amide bonds. The van der Waals surface area contributed by atoms with E-state index in [2.05, 4.69) is 21.9 Å². The van der Waals surface area contributed by atoms with Gasteiger partial charge in [-0.15, -0.1) is 0 Å². The summed E-state index contributed by atoms with van der Waals surface area (Å²) in [7, 11) is 0.